The van der Waals surface area contributed by atoms with E-state index < -0.39 is 0 Å². The second kappa shape index (κ2) is 2.97. The van der Waals surface area contributed by atoms with Gasteiger partial charge in [-0.2, -0.15) is 0 Å². The average Bonchev–Trinajstić information content (AvgIpc) is 2.58. The molecule has 1 aromatic heterocycles. The quantitative estimate of drug-likeness (QED) is 0.562. The summed E-state index contributed by atoms with van der Waals surface area (Å²) in [6, 6.07) is 12.7. The van der Waals surface area contributed by atoms with Gasteiger partial charge in [-0.05, 0) is 25.1 Å². The molecule has 2 N–H and O–H groups in total. The van der Waals surface area contributed by atoms with Crippen LogP contribution in [0.15, 0.2) is 36.4 Å². The molecule has 0 saturated carbocycles. The van der Waals surface area contributed by atoms with Crippen LogP contribution in [0.25, 0.3) is 20.2 Å². The summed E-state index contributed by atoms with van der Waals surface area (Å²) in [5, 5.41) is 2.60. The maximum atomic E-state index is 5.97. The number of nitrogen functional groups attached to an aromatic ring is 1. The highest BCUT2D eigenvalue weighted by Crippen LogP contribution is 2.37. The van der Waals surface area contributed by atoms with E-state index in [2.05, 4.69) is 31.2 Å². The summed E-state index contributed by atoms with van der Waals surface area (Å²) in [5.74, 6) is 0. The van der Waals surface area contributed by atoms with Crippen molar-refractivity contribution in [2.45, 2.75) is 6.92 Å². The number of thiophene rings is 1. The Morgan fingerprint density at radius 3 is 2.80 bits per heavy atom. The third-order valence-electron chi connectivity index (χ3n) is 2.68. The summed E-state index contributed by atoms with van der Waals surface area (Å²) < 4.78 is 2.52. The lowest BCUT2D eigenvalue weighted by molar-refractivity contribution is 1.52. The predicted octanol–water partition coefficient (Wildman–Crippen LogP) is 3.95. The van der Waals surface area contributed by atoms with Crippen molar-refractivity contribution in [3.05, 3.63) is 42.0 Å². The van der Waals surface area contributed by atoms with E-state index in [1.165, 1.54) is 25.7 Å². The first-order valence-corrected chi connectivity index (χ1v) is 5.75. The highest BCUT2D eigenvalue weighted by molar-refractivity contribution is 7.26. The van der Waals surface area contributed by atoms with E-state index >= 15 is 0 Å². The van der Waals surface area contributed by atoms with Gasteiger partial charge in [-0.15, -0.1) is 11.3 Å². The zero-order valence-corrected chi connectivity index (χ0v) is 9.27. The molecule has 74 valence electrons. The number of hydrogen-bond acceptors (Lipinski definition) is 2. The monoisotopic (exact) mass is 213 g/mol. The summed E-state index contributed by atoms with van der Waals surface area (Å²) in [6.45, 7) is 2.12. The van der Waals surface area contributed by atoms with E-state index in [1.54, 1.807) is 11.3 Å². The van der Waals surface area contributed by atoms with Crippen LogP contribution >= 0.6 is 11.3 Å². The third-order valence-corrected chi connectivity index (χ3v) is 3.92. The van der Waals surface area contributed by atoms with Crippen LogP contribution in [0.3, 0.4) is 0 Å². The van der Waals surface area contributed by atoms with Gasteiger partial charge in [0.25, 0.3) is 0 Å². The minimum absolute atomic E-state index is 0.881. The SMILES string of the molecule is Cc1ccc2sc3c(N)cccc3c2c1. The second-order valence-electron chi connectivity index (χ2n) is 3.83. The predicted molar refractivity (Wildman–Crippen MR) is 68.5 cm³/mol. The van der Waals surface area contributed by atoms with Crippen LogP contribution in [0.5, 0.6) is 0 Å². The van der Waals surface area contributed by atoms with Gasteiger partial charge >= 0.3 is 0 Å². The van der Waals surface area contributed by atoms with E-state index in [0.717, 1.165) is 5.69 Å². The first-order chi connectivity index (χ1) is 7.25. The van der Waals surface area contributed by atoms with Gasteiger partial charge in [-0.25, -0.2) is 0 Å². The van der Waals surface area contributed by atoms with Crippen LogP contribution in [-0.2, 0) is 0 Å². The molecule has 3 rings (SSSR count). The molecular weight excluding hydrogens is 202 g/mol. The highest BCUT2D eigenvalue weighted by Gasteiger charge is 2.06. The Balaban J connectivity index is 2.58. The Morgan fingerprint density at radius 2 is 1.93 bits per heavy atom. The summed E-state index contributed by atoms with van der Waals surface area (Å²) in [6.07, 6.45) is 0. The Morgan fingerprint density at radius 1 is 1.07 bits per heavy atom. The van der Waals surface area contributed by atoms with Gasteiger partial charge in [0, 0.05) is 21.2 Å². The van der Waals surface area contributed by atoms with Crippen LogP contribution in [0, 0.1) is 6.92 Å². The fourth-order valence-corrected chi connectivity index (χ4v) is 3.04. The van der Waals surface area contributed by atoms with Crippen molar-refractivity contribution in [2.24, 2.45) is 0 Å². The molecule has 0 atom stereocenters. The van der Waals surface area contributed by atoms with E-state index in [9.17, 15) is 0 Å². The number of rotatable bonds is 0. The van der Waals surface area contributed by atoms with Crippen LogP contribution in [0.2, 0.25) is 0 Å². The van der Waals surface area contributed by atoms with Crippen LogP contribution in [0.1, 0.15) is 5.56 Å². The molecule has 0 amide bonds. The first kappa shape index (κ1) is 8.74. The number of hydrogen-bond donors (Lipinski definition) is 1. The molecule has 0 saturated heterocycles. The minimum atomic E-state index is 0.881. The maximum Gasteiger partial charge on any atom is 0.0584 e. The molecule has 0 aliphatic heterocycles. The number of aryl methyl sites for hydroxylation is 1. The van der Waals surface area contributed by atoms with Crippen molar-refractivity contribution < 1.29 is 0 Å². The molecule has 0 bridgehead atoms. The number of nitrogens with two attached hydrogens (primary N) is 1. The Bertz CT molecular complexity index is 652. The van der Waals surface area contributed by atoms with Gasteiger partial charge in [0.1, 0.15) is 0 Å². The van der Waals surface area contributed by atoms with Gasteiger partial charge < -0.3 is 5.73 Å². The lowest BCUT2D eigenvalue weighted by Gasteiger charge is -1.95. The lowest BCUT2D eigenvalue weighted by Crippen LogP contribution is -1.82. The standard InChI is InChI=1S/C13H11NS/c1-8-5-6-12-10(7-8)9-3-2-4-11(14)13(9)15-12/h2-7H,14H2,1H3. The molecule has 0 spiro atoms. The average molecular weight is 213 g/mol. The van der Waals surface area contributed by atoms with E-state index in [1.807, 2.05) is 12.1 Å². The molecule has 3 aromatic rings. The van der Waals surface area contributed by atoms with E-state index in [4.69, 9.17) is 5.73 Å². The van der Waals surface area contributed by atoms with Gasteiger partial charge in [-0.3, -0.25) is 0 Å². The summed E-state index contributed by atoms with van der Waals surface area (Å²) in [7, 11) is 0. The van der Waals surface area contributed by atoms with Crippen molar-refractivity contribution in [3.63, 3.8) is 0 Å². The largest absolute Gasteiger partial charge is 0.398 e. The maximum absolute atomic E-state index is 5.97. The number of benzene rings is 2. The fraction of sp³-hybridized carbons (Fsp3) is 0.0769. The van der Waals surface area contributed by atoms with Crippen LogP contribution in [0.4, 0.5) is 5.69 Å². The van der Waals surface area contributed by atoms with E-state index in [0.29, 0.717) is 0 Å². The zero-order valence-electron chi connectivity index (χ0n) is 8.45. The van der Waals surface area contributed by atoms with Crippen molar-refractivity contribution >= 4 is 37.2 Å². The molecule has 0 unspecified atom stereocenters. The Hall–Kier alpha value is -1.54. The zero-order chi connectivity index (χ0) is 10.4. The van der Waals surface area contributed by atoms with Crippen molar-refractivity contribution in [3.8, 4) is 0 Å². The Labute approximate surface area is 92.1 Å². The molecule has 0 aliphatic carbocycles. The van der Waals surface area contributed by atoms with Gasteiger partial charge in [0.05, 0.1) is 4.70 Å². The van der Waals surface area contributed by atoms with Crippen molar-refractivity contribution in [1.29, 1.82) is 0 Å². The van der Waals surface area contributed by atoms with Gasteiger partial charge in [-0.1, -0.05) is 23.8 Å². The molecule has 0 fully saturated rings. The highest BCUT2D eigenvalue weighted by atomic mass is 32.1. The van der Waals surface area contributed by atoms with Gasteiger partial charge in [0.15, 0.2) is 0 Å². The smallest absolute Gasteiger partial charge is 0.0584 e. The first-order valence-electron chi connectivity index (χ1n) is 4.93. The lowest BCUT2D eigenvalue weighted by atomic mass is 10.1. The van der Waals surface area contributed by atoms with Crippen LogP contribution < -0.4 is 5.73 Å². The third kappa shape index (κ3) is 1.22. The number of fused-ring (bicyclic) bond motifs is 3. The summed E-state index contributed by atoms with van der Waals surface area (Å²) in [5.41, 5.74) is 8.15. The van der Waals surface area contributed by atoms with Gasteiger partial charge in [0.2, 0.25) is 0 Å². The van der Waals surface area contributed by atoms with Crippen LogP contribution in [-0.4, -0.2) is 0 Å². The molecule has 15 heavy (non-hydrogen) atoms. The summed E-state index contributed by atoms with van der Waals surface area (Å²) in [4.78, 5) is 0. The van der Waals surface area contributed by atoms with Crippen molar-refractivity contribution in [2.75, 3.05) is 5.73 Å². The molecule has 0 aliphatic rings. The Kier molecular flexibility index (Phi) is 1.73. The molecule has 2 aromatic carbocycles. The minimum Gasteiger partial charge on any atom is -0.398 e. The normalized spacial score (nSPS) is 11.3. The van der Waals surface area contributed by atoms with Crippen molar-refractivity contribution in [1.82, 2.24) is 0 Å². The molecule has 0 radical (unpaired) electrons. The topological polar surface area (TPSA) is 26.0 Å². The molecular formula is C13H11NS. The molecule has 1 heterocycles. The molecule has 1 nitrogen and oxygen atoms in total. The number of anilines is 1. The van der Waals surface area contributed by atoms with E-state index in [-0.39, 0.29) is 0 Å². The summed E-state index contributed by atoms with van der Waals surface area (Å²) >= 11 is 1.77. The second-order valence-corrected chi connectivity index (χ2v) is 4.88. The molecule has 2 heteroatoms. The fourth-order valence-electron chi connectivity index (χ4n) is 1.93.